The van der Waals surface area contributed by atoms with Gasteiger partial charge in [0.25, 0.3) is 0 Å². The average molecular weight is 481 g/mol. The minimum atomic E-state index is -0.756. The Hall–Kier alpha value is -2.38. The lowest BCUT2D eigenvalue weighted by Crippen LogP contribution is -2.73. The number of fused-ring (bicyclic) bond motifs is 1. The van der Waals surface area contributed by atoms with Gasteiger partial charge in [-0.2, -0.15) is 0 Å². The molecular formula is C28H40N4O3. The molecule has 0 bridgehead atoms. The monoisotopic (exact) mass is 480 g/mol. The Morgan fingerprint density at radius 3 is 2.57 bits per heavy atom. The first-order chi connectivity index (χ1) is 17.0. The summed E-state index contributed by atoms with van der Waals surface area (Å²) < 4.78 is 7.54. The van der Waals surface area contributed by atoms with Gasteiger partial charge in [0.1, 0.15) is 11.6 Å². The number of nitrogens with one attached hydrogen (secondary N) is 1. The molecule has 2 amide bonds. The number of hydrogen-bond donors (Lipinski definition) is 1. The third-order valence-electron chi connectivity index (χ3n) is 8.68. The first kappa shape index (κ1) is 24.3. The van der Waals surface area contributed by atoms with E-state index in [4.69, 9.17) is 4.74 Å². The van der Waals surface area contributed by atoms with Crippen molar-refractivity contribution in [3.63, 3.8) is 0 Å². The molecule has 1 aromatic carbocycles. The Kier molecular flexibility index (Phi) is 7.17. The zero-order valence-corrected chi connectivity index (χ0v) is 21.3. The number of carbonyl (C=O) groups excluding carboxylic acids is 2. The van der Waals surface area contributed by atoms with Crippen molar-refractivity contribution in [3.8, 4) is 0 Å². The Bertz CT molecular complexity index is 1050. The SMILES string of the molecule is COCCN1C(=O)C(CC2CCCCC2)NC(=O)C12CCN(Cc1cn(C)c3ccccc13)CC2. The molecule has 1 aliphatic carbocycles. The molecule has 1 saturated carbocycles. The van der Waals surface area contributed by atoms with Crippen LogP contribution in [-0.2, 0) is 27.9 Å². The van der Waals surface area contributed by atoms with Crippen molar-refractivity contribution in [2.75, 3.05) is 33.4 Å². The summed E-state index contributed by atoms with van der Waals surface area (Å²) in [6.07, 6.45) is 10.4. The maximum atomic E-state index is 13.7. The number of piperidine rings is 1. The van der Waals surface area contributed by atoms with Crippen molar-refractivity contribution < 1.29 is 14.3 Å². The minimum Gasteiger partial charge on any atom is -0.383 e. The van der Waals surface area contributed by atoms with Crippen LogP contribution in [0.3, 0.4) is 0 Å². The molecule has 5 rings (SSSR count). The minimum absolute atomic E-state index is 0.0406. The van der Waals surface area contributed by atoms with Gasteiger partial charge in [-0.25, -0.2) is 0 Å². The Morgan fingerprint density at radius 1 is 1.09 bits per heavy atom. The van der Waals surface area contributed by atoms with E-state index in [9.17, 15) is 9.59 Å². The van der Waals surface area contributed by atoms with Gasteiger partial charge in [-0.1, -0.05) is 50.3 Å². The Balaban J connectivity index is 1.29. The first-order valence-electron chi connectivity index (χ1n) is 13.4. The highest BCUT2D eigenvalue weighted by Crippen LogP contribution is 2.36. The highest BCUT2D eigenvalue weighted by molar-refractivity contribution is 6.00. The second-order valence-electron chi connectivity index (χ2n) is 10.8. The van der Waals surface area contributed by atoms with Gasteiger partial charge >= 0.3 is 0 Å². The smallest absolute Gasteiger partial charge is 0.246 e. The summed E-state index contributed by atoms with van der Waals surface area (Å²) in [5.74, 6) is 0.674. The topological polar surface area (TPSA) is 66.8 Å². The molecule has 7 nitrogen and oxygen atoms in total. The summed E-state index contributed by atoms with van der Waals surface area (Å²) in [5.41, 5.74) is 1.79. The average Bonchev–Trinajstić information content (AvgIpc) is 3.19. The molecule has 7 heteroatoms. The molecular weight excluding hydrogens is 440 g/mol. The van der Waals surface area contributed by atoms with Gasteiger partial charge in [0.05, 0.1) is 6.61 Å². The summed E-state index contributed by atoms with van der Waals surface area (Å²) in [7, 11) is 3.75. The van der Waals surface area contributed by atoms with Gasteiger partial charge in [-0.15, -0.1) is 0 Å². The second-order valence-corrected chi connectivity index (χ2v) is 10.8. The summed E-state index contributed by atoms with van der Waals surface area (Å²) in [4.78, 5) is 31.6. The normalized spacial score (nSPS) is 23.8. The zero-order chi connectivity index (χ0) is 24.4. The van der Waals surface area contributed by atoms with Gasteiger partial charge in [0.15, 0.2) is 0 Å². The summed E-state index contributed by atoms with van der Waals surface area (Å²) in [6, 6.07) is 8.11. The van der Waals surface area contributed by atoms with Crippen LogP contribution in [-0.4, -0.2) is 71.1 Å². The lowest BCUT2D eigenvalue weighted by molar-refractivity contribution is -0.162. The number of ether oxygens (including phenoxy) is 1. The number of rotatable bonds is 7. The van der Waals surface area contributed by atoms with Crippen LogP contribution in [0.4, 0.5) is 0 Å². The predicted octanol–water partition coefficient (Wildman–Crippen LogP) is 3.46. The van der Waals surface area contributed by atoms with Crippen molar-refractivity contribution in [1.29, 1.82) is 0 Å². The fourth-order valence-electron chi connectivity index (χ4n) is 6.67. The van der Waals surface area contributed by atoms with Crippen molar-refractivity contribution in [3.05, 3.63) is 36.0 Å². The highest BCUT2D eigenvalue weighted by Gasteiger charge is 2.53. The molecule has 3 heterocycles. The number of benzene rings is 1. The number of amides is 2. The van der Waals surface area contributed by atoms with E-state index in [1.165, 1.54) is 48.6 Å². The molecule has 0 radical (unpaired) electrons. The third-order valence-corrected chi connectivity index (χ3v) is 8.68. The zero-order valence-electron chi connectivity index (χ0n) is 21.3. The van der Waals surface area contributed by atoms with E-state index < -0.39 is 5.54 Å². The molecule has 1 spiro atoms. The van der Waals surface area contributed by atoms with E-state index in [2.05, 4.69) is 52.3 Å². The molecule has 2 aliphatic heterocycles. The number of piperazine rings is 1. The van der Waals surface area contributed by atoms with Gasteiger partial charge < -0.3 is 19.5 Å². The molecule has 190 valence electrons. The summed E-state index contributed by atoms with van der Waals surface area (Å²) in [6.45, 7) is 3.38. The molecule has 1 aromatic heterocycles. The van der Waals surface area contributed by atoms with Crippen LogP contribution in [0.15, 0.2) is 30.5 Å². The molecule has 1 unspecified atom stereocenters. The summed E-state index contributed by atoms with van der Waals surface area (Å²) >= 11 is 0. The third kappa shape index (κ3) is 4.73. The van der Waals surface area contributed by atoms with E-state index >= 15 is 0 Å². The largest absolute Gasteiger partial charge is 0.383 e. The van der Waals surface area contributed by atoms with Gasteiger partial charge in [-0.3, -0.25) is 14.5 Å². The number of likely N-dealkylation sites (tertiary alicyclic amines) is 1. The number of para-hydroxylation sites is 1. The molecule has 35 heavy (non-hydrogen) atoms. The van der Waals surface area contributed by atoms with Crippen LogP contribution in [0.1, 0.15) is 56.9 Å². The van der Waals surface area contributed by atoms with Gasteiger partial charge in [-0.05, 0) is 36.8 Å². The fourth-order valence-corrected chi connectivity index (χ4v) is 6.67. The highest BCUT2D eigenvalue weighted by atomic mass is 16.5. The van der Waals surface area contributed by atoms with E-state index in [-0.39, 0.29) is 17.9 Å². The standard InChI is InChI=1S/C28H40N4O3/c1-30-19-22(23-10-6-7-11-25(23)30)20-31-14-12-28(13-15-31)27(34)29-24(18-21-8-4-3-5-9-21)26(33)32(28)16-17-35-2/h6-7,10-11,19,21,24H,3-5,8-9,12-18,20H2,1-2H3,(H,29,34). The number of aromatic nitrogens is 1. The Labute approximate surface area is 208 Å². The van der Waals surface area contributed by atoms with Crippen LogP contribution in [0, 0.1) is 5.92 Å². The van der Waals surface area contributed by atoms with Crippen LogP contribution >= 0.6 is 0 Å². The Morgan fingerprint density at radius 2 is 1.83 bits per heavy atom. The van der Waals surface area contributed by atoms with E-state index in [0.29, 0.717) is 31.9 Å². The number of carbonyl (C=O) groups is 2. The van der Waals surface area contributed by atoms with E-state index in [1.54, 1.807) is 7.11 Å². The van der Waals surface area contributed by atoms with Crippen molar-refractivity contribution in [2.24, 2.45) is 13.0 Å². The molecule has 3 aliphatic rings. The number of methoxy groups -OCH3 is 1. The number of nitrogens with zero attached hydrogens (tertiary/aromatic N) is 3. The predicted molar refractivity (Wildman–Crippen MR) is 137 cm³/mol. The maximum Gasteiger partial charge on any atom is 0.246 e. The van der Waals surface area contributed by atoms with Gasteiger partial charge in [0.2, 0.25) is 11.8 Å². The fraction of sp³-hybridized carbons (Fsp3) is 0.643. The van der Waals surface area contributed by atoms with E-state index in [0.717, 1.165) is 26.1 Å². The van der Waals surface area contributed by atoms with Crippen LogP contribution in [0.2, 0.25) is 0 Å². The maximum absolute atomic E-state index is 13.7. The lowest BCUT2D eigenvalue weighted by atomic mass is 9.79. The molecule has 2 aromatic rings. The number of aryl methyl sites for hydroxylation is 1. The summed E-state index contributed by atoms with van der Waals surface area (Å²) in [5, 5.41) is 4.46. The second kappa shape index (κ2) is 10.3. The van der Waals surface area contributed by atoms with Crippen molar-refractivity contribution >= 4 is 22.7 Å². The molecule has 2 saturated heterocycles. The van der Waals surface area contributed by atoms with Gasteiger partial charge in [0, 0.05) is 57.4 Å². The van der Waals surface area contributed by atoms with Crippen LogP contribution in [0.5, 0.6) is 0 Å². The molecule has 1 N–H and O–H groups in total. The molecule has 1 atom stereocenters. The lowest BCUT2D eigenvalue weighted by Gasteiger charge is -2.52. The van der Waals surface area contributed by atoms with Crippen molar-refractivity contribution in [2.45, 2.75) is 69.5 Å². The number of hydrogen-bond acceptors (Lipinski definition) is 4. The molecule has 3 fully saturated rings. The van der Waals surface area contributed by atoms with Crippen LogP contribution in [0.25, 0.3) is 10.9 Å². The van der Waals surface area contributed by atoms with Crippen LogP contribution < -0.4 is 5.32 Å². The first-order valence-corrected chi connectivity index (χ1v) is 13.4. The quantitative estimate of drug-likeness (QED) is 0.659. The van der Waals surface area contributed by atoms with E-state index in [1.807, 2.05) is 4.90 Å². The van der Waals surface area contributed by atoms with Crippen molar-refractivity contribution in [1.82, 2.24) is 19.7 Å².